The summed E-state index contributed by atoms with van der Waals surface area (Å²) < 4.78 is 28.7. The smallest absolute Gasteiger partial charge is 0.246 e. The van der Waals surface area contributed by atoms with Gasteiger partial charge in [0.15, 0.2) is 0 Å². The van der Waals surface area contributed by atoms with E-state index in [0.29, 0.717) is 49.7 Å². The number of nitrogens with zero attached hydrogens (tertiary/aromatic N) is 4. The zero-order valence-corrected chi connectivity index (χ0v) is 26.1. The summed E-state index contributed by atoms with van der Waals surface area (Å²) in [4.78, 5) is 31.3. The molecule has 0 unspecified atom stereocenters. The molecular weight excluding hydrogens is 605 g/mol. The van der Waals surface area contributed by atoms with Gasteiger partial charge in [-0.3, -0.25) is 14.3 Å². The summed E-state index contributed by atoms with van der Waals surface area (Å²) in [5, 5.41) is 10.7. The zero-order chi connectivity index (χ0) is 31.8. The Morgan fingerprint density at radius 1 is 1.15 bits per heavy atom. The van der Waals surface area contributed by atoms with Gasteiger partial charge >= 0.3 is 0 Å². The number of carbonyl (C=O) groups excluding carboxylic acids is 2. The van der Waals surface area contributed by atoms with Crippen LogP contribution in [0.2, 0.25) is 0 Å². The molecule has 1 atom stereocenters. The Morgan fingerprint density at radius 3 is 2.89 bits per heavy atom. The third-order valence-corrected chi connectivity index (χ3v) is 9.50. The van der Waals surface area contributed by atoms with Gasteiger partial charge in [-0.25, -0.2) is 9.37 Å². The van der Waals surface area contributed by atoms with E-state index in [1.807, 2.05) is 28.4 Å². The highest BCUT2D eigenvalue weighted by molar-refractivity contribution is 7.18. The molecule has 0 aliphatic carbocycles. The molecule has 0 radical (unpaired) electrons. The van der Waals surface area contributed by atoms with E-state index in [1.54, 1.807) is 35.6 Å². The zero-order valence-electron chi connectivity index (χ0n) is 25.3. The van der Waals surface area contributed by atoms with Gasteiger partial charge < -0.3 is 19.7 Å². The topological polar surface area (TPSA) is 98.6 Å². The van der Waals surface area contributed by atoms with Gasteiger partial charge in [-0.1, -0.05) is 18.7 Å². The van der Waals surface area contributed by atoms with E-state index in [2.05, 4.69) is 24.0 Å². The maximum Gasteiger partial charge on any atom is 0.246 e. The van der Waals surface area contributed by atoms with Crippen LogP contribution < -0.4 is 10.1 Å². The molecule has 0 bridgehead atoms. The van der Waals surface area contributed by atoms with E-state index in [0.717, 1.165) is 50.0 Å². The fraction of sp³-hybridized carbons (Fsp3) is 0.257. The number of thiophene rings is 1. The normalized spacial score (nSPS) is 16.0. The quantitative estimate of drug-likeness (QED) is 0.162. The molecular formula is C35H32FN5O4S. The average molecular weight is 638 g/mol. The van der Waals surface area contributed by atoms with Crippen LogP contribution in [0.15, 0.2) is 72.9 Å². The first kappa shape index (κ1) is 29.8. The lowest BCUT2D eigenvalue weighted by Gasteiger charge is -2.19. The minimum absolute atomic E-state index is 0.0145. The Hall–Kier alpha value is -4.87. The van der Waals surface area contributed by atoms with Gasteiger partial charge in [0.2, 0.25) is 11.8 Å². The molecule has 0 spiro atoms. The minimum atomic E-state index is -0.404. The Kier molecular flexibility index (Phi) is 8.10. The third-order valence-electron chi connectivity index (χ3n) is 8.57. The second-order valence-electron chi connectivity index (χ2n) is 11.4. The summed E-state index contributed by atoms with van der Waals surface area (Å²) in [7, 11) is 1.59. The summed E-state index contributed by atoms with van der Waals surface area (Å²) in [6, 6.07) is 12.8. The van der Waals surface area contributed by atoms with Crippen LogP contribution in [0, 0.1) is 5.82 Å². The number of ether oxygens (including phenoxy) is 2. The van der Waals surface area contributed by atoms with Crippen LogP contribution in [-0.2, 0) is 27.3 Å². The molecule has 46 heavy (non-hydrogen) atoms. The predicted molar refractivity (Wildman–Crippen MR) is 175 cm³/mol. The second kappa shape index (κ2) is 12.5. The Balaban J connectivity index is 1.40. The summed E-state index contributed by atoms with van der Waals surface area (Å²) in [5.41, 5.74) is 6.81. The van der Waals surface area contributed by atoms with Gasteiger partial charge in [0, 0.05) is 71.3 Å². The van der Waals surface area contributed by atoms with E-state index < -0.39 is 5.82 Å². The van der Waals surface area contributed by atoms with E-state index >= 15 is 0 Å². The number of amides is 2. The molecule has 2 aromatic carbocycles. The standard InChI is InChI=1S/C35H32FN5O4S/c1-3-31(43)40-10-8-26(20-40)41-19-24(18-38-41)34-32(27-7-6-25(36)16-29(27)45-12-11-44-2)35-28(9-13-46-35)33(39-34)22-5-4-21-15-30(42)37-17-23(21)14-22/h3-7,9,13-14,16,18-19,26H,1,8,10-12,15,17,20H2,2H3,(H,37,42)/t26-/m0/s1. The largest absolute Gasteiger partial charge is 0.490 e. The molecule has 1 N–H and O–H groups in total. The highest BCUT2D eigenvalue weighted by Gasteiger charge is 2.28. The lowest BCUT2D eigenvalue weighted by molar-refractivity contribution is -0.125. The van der Waals surface area contributed by atoms with E-state index in [1.165, 1.54) is 18.2 Å². The fourth-order valence-electron chi connectivity index (χ4n) is 6.25. The molecule has 2 amide bonds. The van der Waals surface area contributed by atoms with E-state index in [-0.39, 0.29) is 24.5 Å². The number of aromatic nitrogens is 3. The average Bonchev–Trinajstić information content (AvgIpc) is 3.85. The summed E-state index contributed by atoms with van der Waals surface area (Å²) >= 11 is 1.58. The maximum atomic E-state index is 14.6. The molecule has 5 heterocycles. The number of hydrogen-bond donors (Lipinski definition) is 1. The highest BCUT2D eigenvalue weighted by Crippen LogP contribution is 2.46. The van der Waals surface area contributed by atoms with E-state index in [4.69, 9.17) is 19.6 Å². The number of pyridine rings is 1. The highest BCUT2D eigenvalue weighted by atomic mass is 32.1. The molecule has 2 aliphatic rings. The van der Waals surface area contributed by atoms with Crippen molar-refractivity contribution in [1.82, 2.24) is 25.0 Å². The van der Waals surface area contributed by atoms with Crippen molar-refractivity contribution in [2.24, 2.45) is 0 Å². The number of halogens is 1. The van der Waals surface area contributed by atoms with Crippen LogP contribution in [0.25, 0.3) is 43.7 Å². The molecule has 7 rings (SSSR count). The monoisotopic (exact) mass is 637 g/mol. The van der Waals surface area contributed by atoms with Crippen LogP contribution in [0.5, 0.6) is 5.75 Å². The molecule has 234 valence electrons. The van der Waals surface area contributed by atoms with Gasteiger partial charge in [0.1, 0.15) is 18.2 Å². The number of benzene rings is 2. The van der Waals surface area contributed by atoms with Crippen LogP contribution in [0.4, 0.5) is 4.39 Å². The first-order valence-corrected chi connectivity index (χ1v) is 16.0. The van der Waals surface area contributed by atoms with Crippen molar-refractivity contribution < 1.29 is 23.5 Å². The summed E-state index contributed by atoms with van der Waals surface area (Å²) in [6.07, 6.45) is 6.24. The van der Waals surface area contributed by atoms with Crippen molar-refractivity contribution in [2.75, 3.05) is 33.4 Å². The summed E-state index contributed by atoms with van der Waals surface area (Å²) in [6.45, 7) is 5.88. The van der Waals surface area contributed by atoms with Crippen LogP contribution in [0.3, 0.4) is 0 Å². The molecule has 2 aliphatic heterocycles. The lowest BCUT2D eigenvalue weighted by atomic mass is 9.93. The molecule has 3 aromatic heterocycles. The van der Waals surface area contributed by atoms with E-state index in [9.17, 15) is 14.0 Å². The number of methoxy groups -OCH3 is 1. The van der Waals surface area contributed by atoms with Crippen molar-refractivity contribution in [3.63, 3.8) is 0 Å². The van der Waals surface area contributed by atoms with Crippen molar-refractivity contribution in [3.8, 4) is 39.4 Å². The Labute approximate surface area is 269 Å². The van der Waals surface area contributed by atoms with Crippen molar-refractivity contribution in [3.05, 3.63) is 89.8 Å². The fourth-order valence-corrected chi connectivity index (χ4v) is 7.20. The first-order chi connectivity index (χ1) is 22.4. The molecule has 11 heteroatoms. The SMILES string of the molecule is C=CC(=O)N1CC[C@H](n2cc(-c3nc(-c4ccc5c(c4)CNC(=O)C5)c4ccsc4c3-c3ccc(F)cc3OCCOC)cn2)C1. The molecule has 0 saturated carbocycles. The molecule has 1 fully saturated rings. The number of fused-ring (bicyclic) bond motifs is 2. The predicted octanol–water partition coefficient (Wildman–Crippen LogP) is 5.79. The summed E-state index contributed by atoms with van der Waals surface area (Å²) in [5.74, 6) is -0.0785. The van der Waals surface area contributed by atoms with Crippen LogP contribution >= 0.6 is 11.3 Å². The number of carbonyl (C=O) groups is 2. The van der Waals surface area contributed by atoms with Gasteiger partial charge in [-0.15, -0.1) is 11.3 Å². The molecule has 9 nitrogen and oxygen atoms in total. The second-order valence-corrected chi connectivity index (χ2v) is 12.3. The number of rotatable bonds is 9. The van der Waals surface area contributed by atoms with Crippen molar-refractivity contribution >= 4 is 33.2 Å². The maximum absolute atomic E-state index is 14.6. The number of hydrogen-bond acceptors (Lipinski definition) is 7. The Morgan fingerprint density at radius 2 is 2.04 bits per heavy atom. The van der Waals surface area contributed by atoms with Gasteiger partial charge in [-0.2, -0.15) is 5.10 Å². The molecule has 5 aromatic rings. The van der Waals surface area contributed by atoms with Crippen molar-refractivity contribution in [2.45, 2.75) is 25.4 Å². The van der Waals surface area contributed by atoms with Crippen molar-refractivity contribution in [1.29, 1.82) is 0 Å². The van der Waals surface area contributed by atoms with Gasteiger partial charge in [0.05, 0.1) is 36.7 Å². The Bertz CT molecular complexity index is 1990. The molecule has 1 saturated heterocycles. The van der Waals surface area contributed by atoms with Crippen LogP contribution in [0.1, 0.15) is 23.6 Å². The van der Waals surface area contributed by atoms with Gasteiger partial charge in [0.25, 0.3) is 0 Å². The lowest BCUT2D eigenvalue weighted by Crippen LogP contribution is -2.30. The van der Waals surface area contributed by atoms with Gasteiger partial charge in [-0.05, 0) is 53.3 Å². The first-order valence-electron chi connectivity index (χ1n) is 15.1. The minimum Gasteiger partial charge on any atom is -0.490 e. The number of nitrogens with one attached hydrogen (secondary N) is 1. The third kappa shape index (κ3) is 5.56. The number of likely N-dealkylation sites (tertiary alicyclic amines) is 1. The van der Waals surface area contributed by atoms with Crippen LogP contribution in [-0.4, -0.2) is 64.9 Å².